The number of pyridine rings is 1. The number of benzene rings is 3. The lowest BCUT2D eigenvalue weighted by Gasteiger charge is -2.14. The molecule has 0 saturated heterocycles. The van der Waals surface area contributed by atoms with Crippen molar-refractivity contribution in [1.29, 1.82) is 0 Å². The van der Waals surface area contributed by atoms with Crippen molar-refractivity contribution in [3.05, 3.63) is 112 Å². The molecule has 0 amide bonds. The van der Waals surface area contributed by atoms with Crippen LogP contribution >= 0.6 is 0 Å². The molecule has 0 bridgehead atoms. The van der Waals surface area contributed by atoms with Crippen LogP contribution in [0.5, 0.6) is 0 Å². The molecule has 0 saturated carbocycles. The molecule has 2 heterocycles. The number of imidazole rings is 1. The predicted octanol–water partition coefficient (Wildman–Crippen LogP) is 4.76. The molecule has 0 spiro atoms. The summed E-state index contributed by atoms with van der Waals surface area (Å²) in [5.74, 6) is 0.956. The highest BCUT2D eigenvalue weighted by atomic mass is 16.1. The van der Waals surface area contributed by atoms with Gasteiger partial charge in [0, 0.05) is 31.6 Å². The summed E-state index contributed by atoms with van der Waals surface area (Å²) in [4.78, 5) is 21.4. The number of nitrogens with zero attached hydrogens (tertiary/aromatic N) is 2. The first-order valence-electron chi connectivity index (χ1n) is 11.5. The first-order valence-corrected chi connectivity index (χ1v) is 11.5. The molecule has 0 aliphatic carbocycles. The van der Waals surface area contributed by atoms with Gasteiger partial charge in [-0.1, -0.05) is 54.6 Å². The molecule has 5 aromatic rings. The Kier molecular flexibility index (Phi) is 6.05. The summed E-state index contributed by atoms with van der Waals surface area (Å²) in [6.07, 6.45) is 1.61. The van der Waals surface area contributed by atoms with E-state index in [1.54, 1.807) is 0 Å². The second-order valence-corrected chi connectivity index (χ2v) is 8.55. The Bertz CT molecular complexity index is 1420. The summed E-state index contributed by atoms with van der Waals surface area (Å²) in [5, 5.41) is 4.54. The molecule has 0 aliphatic heterocycles. The smallest absolute Gasteiger partial charge is 0.255 e. The van der Waals surface area contributed by atoms with E-state index in [0.717, 1.165) is 58.3 Å². The summed E-state index contributed by atoms with van der Waals surface area (Å²) in [5.41, 5.74) is 6.31. The number of H-pyrrole nitrogens is 1. The Morgan fingerprint density at radius 3 is 2.61 bits per heavy atom. The van der Waals surface area contributed by atoms with E-state index in [2.05, 4.69) is 52.5 Å². The van der Waals surface area contributed by atoms with E-state index >= 15 is 0 Å². The third kappa shape index (κ3) is 4.73. The van der Waals surface area contributed by atoms with Gasteiger partial charge in [0.1, 0.15) is 5.82 Å². The summed E-state index contributed by atoms with van der Waals surface area (Å²) < 4.78 is 1.94. The highest BCUT2D eigenvalue weighted by Gasteiger charge is 2.10. The van der Waals surface area contributed by atoms with Crippen LogP contribution in [0.4, 0.5) is 0 Å². The Labute approximate surface area is 193 Å². The molecule has 5 nitrogen and oxygen atoms in total. The number of rotatable bonds is 8. The molecule has 0 aliphatic rings. The standard InChI is InChI=1S/C28H28N4O/c1-20-11-12-22-18-23(19-29-15-13-27-30-24-9-5-6-10-25(24)31-27)28(33)32(26(22)17-20)16-14-21-7-3-2-4-8-21/h2-12,17-18,29H,13-16,19H2,1H3,(H,30,31). The Hall–Kier alpha value is -3.70. The zero-order valence-electron chi connectivity index (χ0n) is 18.8. The van der Waals surface area contributed by atoms with E-state index in [0.29, 0.717) is 13.1 Å². The number of aryl methyl sites for hydroxylation is 3. The van der Waals surface area contributed by atoms with Crippen molar-refractivity contribution in [1.82, 2.24) is 19.9 Å². The monoisotopic (exact) mass is 436 g/mol. The molecule has 2 aromatic heterocycles. The quantitative estimate of drug-likeness (QED) is 0.345. The Morgan fingerprint density at radius 1 is 0.939 bits per heavy atom. The lowest BCUT2D eigenvalue weighted by Crippen LogP contribution is -2.29. The number of hydrogen-bond acceptors (Lipinski definition) is 3. The highest BCUT2D eigenvalue weighted by Crippen LogP contribution is 2.17. The molecule has 0 fully saturated rings. The average molecular weight is 437 g/mol. The second-order valence-electron chi connectivity index (χ2n) is 8.55. The number of nitrogens with one attached hydrogen (secondary N) is 2. The second kappa shape index (κ2) is 9.43. The van der Waals surface area contributed by atoms with E-state index in [9.17, 15) is 4.79 Å². The molecular weight excluding hydrogens is 408 g/mol. The van der Waals surface area contributed by atoms with Crippen LogP contribution in [0.2, 0.25) is 0 Å². The zero-order valence-corrected chi connectivity index (χ0v) is 18.8. The zero-order chi connectivity index (χ0) is 22.6. The van der Waals surface area contributed by atoms with E-state index in [1.165, 1.54) is 5.56 Å². The number of fused-ring (bicyclic) bond motifs is 2. The van der Waals surface area contributed by atoms with Gasteiger partial charge in [-0.05, 0) is 54.1 Å². The summed E-state index contributed by atoms with van der Waals surface area (Å²) in [6.45, 7) is 4.01. The van der Waals surface area contributed by atoms with Gasteiger partial charge >= 0.3 is 0 Å². The molecular formula is C28H28N4O. The van der Waals surface area contributed by atoms with Gasteiger partial charge in [0.15, 0.2) is 0 Å². The van der Waals surface area contributed by atoms with E-state index in [1.807, 2.05) is 53.1 Å². The summed E-state index contributed by atoms with van der Waals surface area (Å²) >= 11 is 0. The van der Waals surface area contributed by atoms with Gasteiger partial charge < -0.3 is 14.9 Å². The largest absolute Gasteiger partial charge is 0.342 e. The molecule has 0 unspecified atom stereocenters. The molecule has 33 heavy (non-hydrogen) atoms. The van der Waals surface area contributed by atoms with Crippen LogP contribution in [0.15, 0.2) is 83.7 Å². The van der Waals surface area contributed by atoms with Crippen molar-refractivity contribution in [2.75, 3.05) is 6.54 Å². The fourth-order valence-electron chi connectivity index (χ4n) is 4.33. The van der Waals surface area contributed by atoms with Crippen molar-refractivity contribution in [3.63, 3.8) is 0 Å². The Balaban J connectivity index is 1.33. The maximum Gasteiger partial charge on any atom is 0.255 e. The van der Waals surface area contributed by atoms with Gasteiger partial charge in [0.2, 0.25) is 0 Å². The van der Waals surface area contributed by atoms with Gasteiger partial charge in [-0.25, -0.2) is 4.98 Å². The SMILES string of the molecule is Cc1ccc2cc(CNCCc3nc4ccccc4[nH]3)c(=O)n(CCc3ccccc3)c2c1. The van der Waals surface area contributed by atoms with Gasteiger partial charge in [-0.15, -0.1) is 0 Å². The van der Waals surface area contributed by atoms with Crippen LogP contribution in [0.25, 0.3) is 21.9 Å². The van der Waals surface area contributed by atoms with Crippen molar-refractivity contribution in [2.45, 2.75) is 32.9 Å². The van der Waals surface area contributed by atoms with E-state index < -0.39 is 0 Å². The van der Waals surface area contributed by atoms with E-state index in [-0.39, 0.29) is 5.56 Å². The normalized spacial score (nSPS) is 11.4. The van der Waals surface area contributed by atoms with Crippen LogP contribution < -0.4 is 10.9 Å². The van der Waals surface area contributed by atoms with Gasteiger partial charge in [0.25, 0.3) is 5.56 Å². The lowest BCUT2D eigenvalue weighted by molar-refractivity contribution is 0.647. The van der Waals surface area contributed by atoms with Crippen LogP contribution in [0.3, 0.4) is 0 Å². The maximum absolute atomic E-state index is 13.4. The van der Waals surface area contributed by atoms with Crippen LogP contribution in [-0.2, 0) is 25.9 Å². The molecule has 2 N–H and O–H groups in total. The van der Waals surface area contributed by atoms with Crippen molar-refractivity contribution in [3.8, 4) is 0 Å². The average Bonchev–Trinajstić information content (AvgIpc) is 3.25. The van der Waals surface area contributed by atoms with Crippen LogP contribution in [0, 0.1) is 6.92 Å². The third-order valence-corrected chi connectivity index (χ3v) is 6.09. The van der Waals surface area contributed by atoms with Crippen molar-refractivity contribution in [2.24, 2.45) is 0 Å². The molecule has 0 atom stereocenters. The minimum absolute atomic E-state index is 0.0836. The highest BCUT2D eigenvalue weighted by molar-refractivity contribution is 5.80. The predicted molar refractivity (Wildman–Crippen MR) is 135 cm³/mol. The van der Waals surface area contributed by atoms with Gasteiger partial charge in [-0.3, -0.25) is 4.79 Å². The fraction of sp³-hybridized carbons (Fsp3) is 0.214. The van der Waals surface area contributed by atoms with E-state index in [4.69, 9.17) is 0 Å². The third-order valence-electron chi connectivity index (χ3n) is 6.09. The first-order chi connectivity index (χ1) is 16.2. The number of aromatic amines is 1. The molecule has 5 rings (SSSR count). The molecule has 3 aromatic carbocycles. The lowest BCUT2D eigenvalue weighted by atomic mass is 10.1. The minimum Gasteiger partial charge on any atom is -0.342 e. The number of para-hydroxylation sites is 2. The van der Waals surface area contributed by atoms with Crippen LogP contribution in [0.1, 0.15) is 22.5 Å². The topological polar surface area (TPSA) is 62.7 Å². The fourth-order valence-corrected chi connectivity index (χ4v) is 4.33. The molecule has 5 heteroatoms. The minimum atomic E-state index is 0.0836. The Morgan fingerprint density at radius 2 is 1.76 bits per heavy atom. The summed E-state index contributed by atoms with van der Waals surface area (Å²) in [6, 6.07) is 26.7. The first kappa shape index (κ1) is 21.2. The van der Waals surface area contributed by atoms with Gasteiger partial charge in [-0.2, -0.15) is 0 Å². The summed E-state index contributed by atoms with van der Waals surface area (Å²) in [7, 11) is 0. The number of aromatic nitrogens is 3. The van der Waals surface area contributed by atoms with Crippen molar-refractivity contribution >= 4 is 21.9 Å². The molecule has 0 radical (unpaired) electrons. The number of hydrogen-bond donors (Lipinski definition) is 2. The van der Waals surface area contributed by atoms with Crippen molar-refractivity contribution < 1.29 is 0 Å². The maximum atomic E-state index is 13.4. The molecule has 166 valence electrons. The van der Waals surface area contributed by atoms with Crippen LogP contribution in [-0.4, -0.2) is 21.1 Å². The van der Waals surface area contributed by atoms with Gasteiger partial charge in [0.05, 0.1) is 16.6 Å².